The molecule has 0 spiro atoms. The van der Waals surface area contributed by atoms with E-state index in [9.17, 15) is 5.11 Å². The lowest BCUT2D eigenvalue weighted by atomic mass is 9.97. The fourth-order valence-electron chi connectivity index (χ4n) is 2.67. The van der Waals surface area contributed by atoms with Crippen molar-refractivity contribution in [2.75, 3.05) is 5.73 Å². The topological polar surface area (TPSA) is 99.1 Å². The number of hydrogen-bond donors (Lipinski definition) is 2. The summed E-state index contributed by atoms with van der Waals surface area (Å²) in [5.41, 5.74) is 6.98. The molecule has 7 nitrogen and oxygen atoms in total. The van der Waals surface area contributed by atoms with E-state index in [0.717, 1.165) is 6.42 Å². The second kappa shape index (κ2) is 4.99. The van der Waals surface area contributed by atoms with Gasteiger partial charge in [-0.25, -0.2) is 15.0 Å². The summed E-state index contributed by atoms with van der Waals surface area (Å²) in [6.45, 7) is 4.18. The first-order valence-electron chi connectivity index (χ1n) is 6.88. The van der Waals surface area contributed by atoms with Gasteiger partial charge in [0.05, 0.1) is 18.5 Å². The van der Waals surface area contributed by atoms with Crippen molar-refractivity contribution >= 4 is 17.0 Å². The second-order valence-electron chi connectivity index (χ2n) is 5.33. The number of nitrogen functional groups attached to an aromatic ring is 1. The van der Waals surface area contributed by atoms with E-state index < -0.39 is 6.10 Å². The number of imidazole rings is 1. The summed E-state index contributed by atoms with van der Waals surface area (Å²) >= 11 is 0. The first-order valence-corrected chi connectivity index (χ1v) is 6.88. The van der Waals surface area contributed by atoms with Crippen LogP contribution >= 0.6 is 0 Å². The molecule has 3 heterocycles. The molecule has 0 bridgehead atoms. The lowest BCUT2D eigenvalue weighted by molar-refractivity contribution is -0.0447. The van der Waals surface area contributed by atoms with E-state index in [0.29, 0.717) is 29.3 Å². The van der Waals surface area contributed by atoms with Crippen LogP contribution in [0.15, 0.2) is 12.7 Å². The Hall–Kier alpha value is -1.73. The summed E-state index contributed by atoms with van der Waals surface area (Å²) in [5, 5.41) is 10.2. The van der Waals surface area contributed by atoms with E-state index in [1.807, 2.05) is 4.57 Å². The molecule has 2 aromatic rings. The number of aliphatic hydroxyl groups excluding tert-OH is 1. The van der Waals surface area contributed by atoms with Crippen molar-refractivity contribution in [3.63, 3.8) is 0 Å². The van der Waals surface area contributed by atoms with Gasteiger partial charge in [-0.15, -0.1) is 0 Å². The first kappa shape index (κ1) is 13.3. The number of nitrogens with two attached hydrogens (primary N) is 1. The van der Waals surface area contributed by atoms with Crippen LogP contribution < -0.4 is 5.73 Å². The third-order valence-corrected chi connectivity index (χ3v) is 4.04. The van der Waals surface area contributed by atoms with E-state index in [4.69, 9.17) is 10.5 Å². The van der Waals surface area contributed by atoms with Gasteiger partial charge in [-0.05, 0) is 5.92 Å². The number of nitrogens with zero attached hydrogens (tertiary/aromatic N) is 4. The molecule has 0 saturated carbocycles. The van der Waals surface area contributed by atoms with Gasteiger partial charge in [0.2, 0.25) is 0 Å². The highest BCUT2D eigenvalue weighted by Gasteiger charge is 2.38. The molecule has 4 atom stereocenters. The van der Waals surface area contributed by atoms with Crippen molar-refractivity contribution in [2.24, 2.45) is 5.92 Å². The highest BCUT2D eigenvalue weighted by molar-refractivity contribution is 5.81. The Balaban J connectivity index is 1.91. The monoisotopic (exact) mass is 277 g/mol. The summed E-state index contributed by atoms with van der Waals surface area (Å²) in [6.07, 6.45) is 3.68. The molecule has 7 heteroatoms. The molecule has 0 aromatic carbocycles. The molecule has 4 unspecified atom stereocenters. The summed E-state index contributed by atoms with van der Waals surface area (Å²) in [4.78, 5) is 12.4. The molecule has 0 aliphatic carbocycles. The molecule has 108 valence electrons. The zero-order valence-corrected chi connectivity index (χ0v) is 11.6. The minimum Gasteiger partial charge on any atom is -0.390 e. The van der Waals surface area contributed by atoms with Gasteiger partial charge in [-0.2, -0.15) is 0 Å². The molecular weight excluding hydrogens is 258 g/mol. The zero-order chi connectivity index (χ0) is 14.3. The zero-order valence-electron chi connectivity index (χ0n) is 11.6. The molecule has 20 heavy (non-hydrogen) atoms. The van der Waals surface area contributed by atoms with Crippen LogP contribution in [0, 0.1) is 5.92 Å². The molecule has 1 saturated heterocycles. The van der Waals surface area contributed by atoms with Gasteiger partial charge in [0.25, 0.3) is 0 Å². The number of hydrogen-bond acceptors (Lipinski definition) is 6. The number of aromatic nitrogens is 4. The Bertz CT molecular complexity index is 614. The number of ether oxygens (including phenoxy) is 1. The van der Waals surface area contributed by atoms with Gasteiger partial charge < -0.3 is 15.6 Å². The summed E-state index contributed by atoms with van der Waals surface area (Å²) in [7, 11) is 0. The average Bonchev–Trinajstić information content (AvgIpc) is 3.02. The molecule has 2 aromatic heterocycles. The summed E-state index contributed by atoms with van der Waals surface area (Å²) in [6, 6.07) is 0. The molecule has 3 N–H and O–H groups in total. The van der Waals surface area contributed by atoms with Gasteiger partial charge in [0.15, 0.2) is 11.5 Å². The number of aliphatic hydroxyl groups is 1. The van der Waals surface area contributed by atoms with Crippen molar-refractivity contribution in [1.29, 1.82) is 0 Å². The van der Waals surface area contributed by atoms with E-state index in [1.54, 1.807) is 6.33 Å². The fraction of sp³-hybridized carbons (Fsp3) is 0.615. The minimum atomic E-state index is -0.466. The Kier molecular flexibility index (Phi) is 3.31. The van der Waals surface area contributed by atoms with Gasteiger partial charge >= 0.3 is 0 Å². The van der Waals surface area contributed by atoms with Crippen molar-refractivity contribution in [3.05, 3.63) is 12.7 Å². The quantitative estimate of drug-likeness (QED) is 0.871. The molecular formula is C13H19N5O2. The molecule has 1 fully saturated rings. The minimum absolute atomic E-state index is 0.151. The van der Waals surface area contributed by atoms with Crippen LogP contribution in [-0.4, -0.2) is 36.8 Å². The Morgan fingerprint density at radius 3 is 3.05 bits per heavy atom. The van der Waals surface area contributed by atoms with Crippen LogP contribution in [0.4, 0.5) is 5.82 Å². The van der Waals surface area contributed by atoms with E-state index in [1.165, 1.54) is 6.33 Å². The maximum Gasteiger partial charge on any atom is 0.167 e. The molecule has 0 radical (unpaired) electrons. The van der Waals surface area contributed by atoms with E-state index >= 15 is 0 Å². The highest BCUT2D eigenvalue weighted by Crippen LogP contribution is 2.35. The van der Waals surface area contributed by atoms with Gasteiger partial charge in [-0.1, -0.05) is 20.3 Å². The fourth-order valence-corrected chi connectivity index (χ4v) is 2.67. The van der Waals surface area contributed by atoms with Crippen LogP contribution in [0.25, 0.3) is 11.2 Å². The van der Waals surface area contributed by atoms with Crippen molar-refractivity contribution < 1.29 is 9.84 Å². The number of rotatable bonds is 3. The lowest BCUT2D eigenvalue weighted by Crippen LogP contribution is -2.27. The number of fused-ring (bicyclic) bond motifs is 1. The average molecular weight is 277 g/mol. The highest BCUT2D eigenvalue weighted by atomic mass is 16.5. The SMILES string of the molecule is CCC(C)C1OC(n2cnc3c(N)ncnc32)CC1O. The van der Waals surface area contributed by atoms with E-state index in [-0.39, 0.29) is 12.3 Å². The maximum atomic E-state index is 10.2. The van der Waals surface area contributed by atoms with Crippen LogP contribution in [-0.2, 0) is 4.74 Å². The van der Waals surface area contributed by atoms with E-state index in [2.05, 4.69) is 28.8 Å². The van der Waals surface area contributed by atoms with Gasteiger partial charge in [0.1, 0.15) is 18.1 Å². The smallest absolute Gasteiger partial charge is 0.167 e. The normalized spacial score (nSPS) is 28.1. The largest absolute Gasteiger partial charge is 0.390 e. The Morgan fingerprint density at radius 2 is 2.30 bits per heavy atom. The maximum absolute atomic E-state index is 10.2. The third-order valence-electron chi connectivity index (χ3n) is 4.04. The summed E-state index contributed by atoms with van der Waals surface area (Å²) in [5.74, 6) is 0.662. The summed E-state index contributed by atoms with van der Waals surface area (Å²) < 4.78 is 7.81. The molecule has 0 amide bonds. The van der Waals surface area contributed by atoms with Gasteiger partial charge in [0, 0.05) is 6.42 Å². The number of anilines is 1. The van der Waals surface area contributed by atoms with Crippen LogP contribution in [0.5, 0.6) is 0 Å². The molecule has 3 rings (SSSR count). The van der Waals surface area contributed by atoms with Crippen LogP contribution in [0.1, 0.15) is 32.9 Å². The Morgan fingerprint density at radius 1 is 1.50 bits per heavy atom. The first-order chi connectivity index (χ1) is 9.61. The van der Waals surface area contributed by atoms with Crippen LogP contribution in [0.2, 0.25) is 0 Å². The predicted octanol–water partition coefficient (Wildman–Crippen LogP) is 1.10. The third kappa shape index (κ3) is 2.03. The lowest BCUT2D eigenvalue weighted by Gasteiger charge is -2.21. The standard InChI is InChI=1S/C13H19N5O2/c1-3-7(2)11-8(19)4-9(20-11)18-6-17-10-12(14)15-5-16-13(10)18/h5-9,11,19H,3-4H2,1-2H3,(H2,14,15,16). The second-order valence-corrected chi connectivity index (χ2v) is 5.33. The van der Waals surface area contributed by atoms with Gasteiger partial charge in [-0.3, -0.25) is 4.57 Å². The molecule has 1 aliphatic rings. The predicted molar refractivity (Wildman–Crippen MR) is 73.7 cm³/mol. The van der Waals surface area contributed by atoms with Crippen molar-refractivity contribution in [3.8, 4) is 0 Å². The Labute approximate surface area is 116 Å². The molecule has 1 aliphatic heterocycles. The van der Waals surface area contributed by atoms with Crippen molar-refractivity contribution in [1.82, 2.24) is 19.5 Å². The van der Waals surface area contributed by atoms with Crippen LogP contribution in [0.3, 0.4) is 0 Å². The van der Waals surface area contributed by atoms with Crippen molar-refractivity contribution in [2.45, 2.75) is 45.1 Å².